The second kappa shape index (κ2) is 7.64. The van der Waals surface area contributed by atoms with Crippen molar-refractivity contribution in [3.63, 3.8) is 0 Å². The molecule has 1 rings (SSSR count). The van der Waals surface area contributed by atoms with Crippen molar-refractivity contribution >= 4 is 15.9 Å². The minimum Gasteiger partial charge on any atom is -0.490 e. The van der Waals surface area contributed by atoms with E-state index in [1.54, 1.807) is 0 Å². The van der Waals surface area contributed by atoms with Crippen molar-refractivity contribution in [2.24, 2.45) is 0 Å². The lowest BCUT2D eigenvalue weighted by molar-refractivity contribution is 0.286. The molecule has 0 saturated heterocycles. The number of hydrogen-bond donors (Lipinski definition) is 1. The van der Waals surface area contributed by atoms with Crippen LogP contribution < -0.4 is 14.8 Å². The molecule has 3 nitrogen and oxygen atoms in total. The van der Waals surface area contributed by atoms with E-state index < -0.39 is 0 Å². The average Bonchev–Trinajstić information content (AvgIpc) is 2.31. The maximum Gasteiger partial charge on any atom is 0.175 e. The predicted octanol–water partition coefficient (Wildman–Crippen LogP) is 3.74. The molecule has 0 fully saturated rings. The molecule has 0 bridgehead atoms. The summed E-state index contributed by atoms with van der Waals surface area (Å²) in [5.74, 6) is 1.59. The Morgan fingerprint density at radius 2 is 1.83 bits per heavy atom. The molecule has 0 heterocycles. The SMILES string of the molecule is CCOc1cc(CNC(C)C)cc(Br)c1OCC. The van der Waals surface area contributed by atoms with Gasteiger partial charge in [0.1, 0.15) is 0 Å². The first-order valence-electron chi connectivity index (χ1n) is 6.39. The highest BCUT2D eigenvalue weighted by Gasteiger charge is 2.11. The van der Waals surface area contributed by atoms with E-state index in [0.29, 0.717) is 19.3 Å². The molecule has 0 aliphatic heterocycles. The van der Waals surface area contributed by atoms with Gasteiger partial charge >= 0.3 is 0 Å². The number of ether oxygens (including phenoxy) is 2. The van der Waals surface area contributed by atoms with Gasteiger partial charge in [-0.2, -0.15) is 0 Å². The van der Waals surface area contributed by atoms with Crippen LogP contribution in [0.3, 0.4) is 0 Å². The summed E-state index contributed by atoms with van der Waals surface area (Å²) in [5.41, 5.74) is 1.18. The largest absolute Gasteiger partial charge is 0.490 e. The van der Waals surface area contributed by atoms with Crippen molar-refractivity contribution in [2.45, 2.75) is 40.3 Å². The molecule has 1 aromatic carbocycles. The fourth-order valence-corrected chi connectivity index (χ4v) is 2.20. The second-order valence-corrected chi connectivity index (χ2v) is 5.16. The number of hydrogen-bond acceptors (Lipinski definition) is 3. The molecule has 0 spiro atoms. The summed E-state index contributed by atoms with van der Waals surface area (Å²) in [6.45, 7) is 10.3. The van der Waals surface area contributed by atoms with Crippen molar-refractivity contribution in [2.75, 3.05) is 13.2 Å². The van der Waals surface area contributed by atoms with Crippen LogP contribution in [0.15, 0.2) is 16.6 Å². The molecule has 1 N–H and O–H groups in total. The highest BCUT2D eigenvalue weighted by atomic mass is 79.9. The number of nitrogens with one attached hydrogen (secondary N) is 1. The maximum absolute atomic E-state index is 5.64. The third-order valence-electron chi connectivity index (χ3n) is 2.37. The lowest BCUT2D eigenvalue weighted by Gasteiger charge is -2.15. The Morgan fingerprint density at radius 1 is 1.17 bits per heavy atom. The molecular weight excluding hydrogens is 294 g/mol. The summed E-state index contributed by atoms with van der Waals surface area (Å²) in [5, 5.41) is 3.39. The monoisotopic (exact) mass is 315 g/mol. The molecule has 0 atom stereocenters. The van der Waals surface area contributed by atoms with E-state index in [1.807, 2.05) is 19.9 Å². The van der Waals surface area contributed by atoms with Gasteiger partial charge in [0.15, 0.2) is 11.5 Å². The number of rotatable bonds is 7. The van der Waals surface area contributed by atoms with Gasteiger partial charge in [-0.1, -0.05) is 13.8 Å². The molecule has 0 aliphatic rings. The predicted molar refractivity (Wildman–Crippen MR) is 78.5 cm³/mol. The van der Waals surface area contributed by atoms with Crippen molar-refractivity contribution in [3.05, 3.63) is 22.2 Å². The Balaban J connectivity index is 2.94. The van der Waals surface area contributed by atoms with E-state index in [9.17, 15) is 0 Å². The average molecular weight is 316 g/mol. The normalized spacial score (nSPS) is 10.8. The van der Waals surface area contributed by atoms with Gasteiger partial charge in [-0.05, 0) is 47.5 Å². The van der Waals surface area contributed by atoms with E-state index in [2.05, 4.69) is 41.2 Å². The highest BCUT2D eigenvalue weighted by Crippen LogP contribution is 2.36. The Hall–Kier alpha value is -0.740. The van der Waals surface area contributed by atoms with Crippen LogP contribution in [0, 0.1) is 0 Å². The van der Waals surface area contributed by atoms with Crippen LogP contribution >= 0.6 is 15.9 Å². The Morgan fingerprint density at radius 3 is 2.39 bits per heavy atom. The first-order chi connectivity index (χ1) is 8.58. The van der Waals surface area contributed by atoms with Crippen molar-refractivity contribution < 1.29 is 9.47 Å². The summed E-state index contributed by atoms with van der Waals surface area (Å²) >= 11 is 3.54. The van der Waals surface area contributed by atoms with Gasteiger partial charge in [-0.25, -0.2) is 0 Å². The van der Waals surface area contributed by atoms with Gasteiger partial charge in [0.25, 0.3) is 0 Å². The highest BCUT2D eigenvalue weighted by molar-refractivity contribution is 9.10. The van der Waals surface area contributed by atoms with Crippen LogP contribution in [-0.2, 0) is 6.54 Å². The summed E-state index contributed by atoms with van der Waals surface area (Å²) in [7, 11) is 0. The topological polar surface area (TPSA) is 30.5 Å². The Labute approximate surface area is 118 Å². The molecule has 0 saturated carbocycles. The molecule has 0 amide bonds. The summed E-state index contributed by atoms with van der Waals surface area (Å²) < 4.78 is 12.2. The van der Waals surface area contributed by atoms with Gasteiger partial charge in [0.05, 0.1) is 17.7 Å². The van der Waals surface area contributed by atoms with Crippen LogP contribution in [-0.4, -0.2) is 19.3 Å². The first-order valence-corrected chi connectivity index (χ1v) is 7.19. The van der Waals surface area contributed by atoms with Crippen LogP contribution in [0.1, 0.15) is 33.3 Å². The van der Waals surface area contributed by atoms with Gasteiger partial charge in [-0.15, -0.1) is 0 Å². The second-order valence-electron chi connectivity index (χ2n) is 4.31. The molecule has 102 valence electrons. The van der Waals surface area contributed by atoms with Gasteiger partial charge in [-0.3, -0.25) is 0 Å². The number of halogens is 1. The summed E-state index contributed by atoms with van der Waals surface area (Å²) in [6, 6.07) is 4.57. The molecular formula is C14H22BrNO2. The Bertz CT molecular complexity index is 380. The zero-order valence-corrected chi connectivity index (χ0v) is 13.1. The zero-order valence-electron chi connectivity index (χ0n) is 11.5. The molecule has 0 aliphatic carbocycles. The van der Waals surface area contributed by atoms with E-state index in [1.165, 1.54) is 5.56 Å². The van der Waals surface area contributed by atoms with Crippen LogP contribution in [0.25, 0.3) is 0 Å². The lowest BCUT2D eigenvalue weighted by Crippen LogP contribution is -2.21. The molecule has 0 radical (unpaired) electrons. The minimum absolute atomic E-state index is 0.464. The van der Waals surface area contributed by atoms with E-state index >= 15 is 0 Å². The number of benzene rings is 1. The van der Waals surface area contributed by atoms with Crippen LogP contribution in [0.4, 0.5) is 0 Å². The van der Waals surface area contributed by atoms with Crippen LogP contribution in [0.5, 0.6) is 11.5 Å². The van der Waals surface area contributed by atoms with E-state index in [0.717, 1.165) is 22.5 Å². The third-order valence-corrected chi connectivity index (χ3v) is 2.96. The van der Waals surface area contributed by atoms with Gasteiger partial charge in [0, 0.05) is 12.6 Å². The van der Waals surface area contributed by atoms with E-state index in [4.69, 9.17) is 9.47 Å². The van der Waals surface area contributed by atoms with Crippen molar-refractivity contribution in [1.82, 2.24) is 5.32 Å². The molecule has 18 heavy (non-hydrogen) atoms. The first kappa shape index (κ1) is 15.3. The van der Waals surface area contributed by atoms with Crippen LogP contribution in [0.2, 0.25) is 0 Å². The zero-order chi connectivity index (χ0) is 13.5. The third kappa shape index (κ3) is 4.50. The van der Waals surface area contributed by atoms with Crippen molar-refractivity contribution in [1.29, 1.82) is 0 Å². The molecule has 1 aromatic rings. The maximum atomic E-state index is 5.64. The summed E-state index contributed by atoms with van der Waals surface area (Å²) in [4.78, 5) is 0. The standard InChI is InChI=1S/C14H22BrNO2/c1-5-17-13-8-11(9-16-10(3)4)7-12(15)14(13)18-6-2/h7-8,10,16H,5-6,9H2,1-4H3. The van der Waals surface area contributed by atoms with Gasteiger partial charge in [0.2, 0.25) is 0 Å². The van der Waals surface area contributed by atoms with Crippen molar-refractivity contribution in [3.8, 4) is 11.5 Å². The molecule has 0 unspecified atom stereocenters. The summed E-state index contributed by atoms with van der Waals surface area (Å²) in [6.07, 6.45) is 0. The quantitative estimate of drug-likeness (QED) is 0.831. The van der Waals surface area contributed by atoms with E-state index in [-0.39, 0.29) is 0 Å². The minimum atomic E-state index is 0.464. The van der Waals surface area contributed by atoms with Gasteiger partial charge < -0.3 is 14.8 Å². The fraction of sp³-hybridized carbons (Fsp3) is 0.571. The molecule has 4 heteroatoms. The lowest BCUT2D eigenvalue weighted by atomic mass is 10.2. The Kier molecular flexibility index (Phi) is 6.50. The fourth-order valence-electron chi connectivity index (χ4n) is 1.59. The smallest absolute Gasteiger partial charge is 0.175 e. The molecule has 0 aromatic heterocycles.